The molecule has 9 nitrogen and oxygen atoms in total. The van der Waals surface area contributed by atoms with Crippen molar-refractivity contribution < 1.29 is 27.4 Å². The molecular weight excluding hydrogens is 454 g/mol. The summed E-state index contributed by atoms with van der Waals surface area (Å²) in [6.07, 6.45) is 1.39. The summed E-state index contributed by atoms with van der Waals surface area (Å²) >= 11 is 1.08. The first kappa shape index (κ1) is 23.1. The van der Waals surface area contributed by atoms with Gasteiger partial charge in [0.05, 0.1) is 38.8 Å². The maximum absolute atomic E-state index is 12.7. The Balaban J connectivity index is 1.80. The second kappa shape index (κ2) is 10.2. The Kier molecular flexibility index (Phi) is 7.33. The third-order valence-corrected chi connectivity index (χ3v) is 7.04. The number of rotatable bonds is 9. The zero-order valence-electron chi connectivity index (χ0n) is 17.5. The van der Waals surface area contributed by atoms with E-state index in [0.29, 0.717) is 22.8 Å². The van der Waals surface area contributed by atoms with Gasteiger partial charge >= 0.3 is 0 Å². The van der Waals surface area contributed by atoms with E-state index in [1.807, 2.05) is 0 Å². The number of hydrogen-bond acceptors (Lipinski definition) is 8. The molecule has 0 atom stereocenters. The molecule has 168 valence electrons. The predicted octanol–water partition coefficient (Wildman–Crippen LogP) is 3.34. The highest BCUT2D eigenvalue weighted by Crippen LogP contribution is 2.39. The van der Waals surface area contributed by atoms with E-state index in [1.54, 1.807) is 35.7 Å². The maximum atomic E-state index is 12.7. The third kappa shape index (κ3) is 5.01. The van der Waals surface area contributed by atoms with Crippen molar-refractivity contribution in [3.8, 4) is 17.2 Å². The Morgan fingerprint density at radius 2 is 1.72 bits per heavy atom. The first-order chi connectivity index (χ1) is 15.4. The van der Waals surface area contributed by atoms with Crippen LogP contribution in [0.15, 0.2) is 63.2 Å². The molecule has 0 unspecified atom stereocenters. The van der Waals surface area contributed by atoms with Crippen LogP contribution < -0.4 is 24.4 Å². The van der Waals surface area contributed by atoms with Gasteiger partial charge in [-0.3, -0.25) is 9.52 Å². The molecule has 0 aliphatic carbocycles. The number of hydrazone groups is 1. The molecular formula is C21H21N3O6S2. The molecule has 0 radical (unpaired) electrons. The molecule has 0 saturated heterocycles. The number of carbonyl (C=O) groups excluding carboxylic acids is 1. The molecule has 1 aromatic heterocycles. The number of benzene rings is 2. The van der Waals surface area contributed by atoms with Crippen LogP contribution in [0.25, 0.3) is 0 Å². The highest BCUT2D eigenvalue weighted by molar-refractivity contribution is 7.94. The fourth-order valence-electron chi connectivity index (χ4n) is 2.83. The summed E-state index contributed by atoms with van der Waals surface area (Å²) in [5, 5.41) is 5.63. The average molecular weight is 476 g/mol. The lowest BCUT2D eigenvalue weighted by Gasteiger charge is -2.13. The van der Waals surface area contributed by atoms with Crippen LogP contribution in [0.4, 0.5) is 5.69 Å². The molecule has 1 amide bonds. The molecule has 0 aliphatic rings. The van der Waals surface area contributed by atoms with Crippen molar-refractivity contribution in [1.82, 2.24) is 5.43 Å². The molecule has 0 aliphatic heterocycles. The van der Waals surface area contributed by atoms with Crippen molar-refractivity contribution in [1.29, 1.82) is 0 Å². The van der Waals surface area contributed by atoms with Gasteiger partial charge in [-0.05, 0) is 35.7 Å². The van der Waals surface area contributed by atoms with Crippen LogP contribution in [0.3, 0.4) is 0 Å². The van der Waals surface area contributed by atoms with Crippen molar-refractivity contribution in [3.63, 3.8) is 0 Å². The van der Waals surface area contributed by atoms with E-state index in [-0.39, 0.29) is 15.5 Å². The lowest BCUT2D eigenvalue weighted by Crippen LogP contribution is -2.21. The van der Waals surface area contributed by atoms with Crippen LogP contribution in [0.1, 0.15) is 15.9 Å². The van der Waals surface area contributed by atoms with Crippen LogP contribution in [-0.2, 0) is 10.0 Å². The fourth-order valence-corrected chi connectivity index (χ4v) is 4.90. The van der Waals surface area contributed by atoms with Gasteiger partial charge < -0.3 is 14.2 Å². The van der Waals surface area contributed by atoms with E-state index < -0.39 is 15.9 Å². The number of anilines is 1. The molecule has 0 saturated carbocycles. The topological polar surface area (TPSA) is 115 Å². The minimum Gasteiger partial charge on any atom is -0.493 e. The highest BCUT2D eigenvalue weighted by Gasteiger charge is 2.19. The minimum atomic E-state index is -3.81. The fraction of sp³-hybridized carbons (Fsp3) is 0.143. The summed E-state index contributed by atoms with van der Waals surface area (Å²) in [7, 11) is 0.663. The predicted molar refractivity (Wildman–Crippen MR) is 123 cm³/mol. The van der Waals surface area contributed by atoms with Crippen LogP contribution in [0, 0.1) is 0 Å². The number of methoxy groups -OCH3 is 3. The number of ether oxygens (including phenoxy) is 3. The molecule has 11 heteroatoms. The lowest BCUT2D eigenvalue weighted by atomic mass is 10.2. The molecule has 0 bridgehead atoms. The van der Waals surface area contributed by atoms with Crippen molar-refractivity contribution in [3.05, 3.63) is 65.0 Å². The van der Waals surface area contributed by atoms with Crippen molar-refractivity contribution in [2.24, 2.45) is 5.10 Å². The van der Waals surface area contributed by atoms with Crippen LogP contribution in [0.5, 0.6) is 17.2 Å². The largest absolute Gasteiger partial charge is 0.493 e. The molecule has 0 spiro atoms. The number of nitrogens with one attached hydrogen (secondary N) is 2. The minimum absolute atomic E-state index is 0.115. The van der Waals surface area contributed by atoms with Gasteiger partial charge in [0.1, 0.15) is 4.21 Å². The average Bonchev–Trinajstić information content (AvgIpc) is 3.34. The summed E-state index contributed by atoms with van der Waals surface area (Å²) in [6, 6.07) is 12.7. The van der Waals surface area contributed by atoms with Gasteiger partial charge in [-0.1, -0.05) is 18.2 Å². The number of para-hydroxylation sites is 1. The summed E-state index contributed by atoms with van der Waals surface area (Å²) in [4.78, 5) is 12.7. The van der Waals surface area contributed by atoms with E-state index in [2.05, 4.69) is 15.2 Å². The number of nitrogens with zero attached hydrogens (tertiary/aromatic N) is 1. The Labute approximate surface area is 189 Å². The molecule has 0 fully saturated rings. The van der Waals surface area contributed by atoms with Crippen LogP contribution in [0.2, 0.25) is 0 Å². The Morgan fingerprint density at radius 1 is 0.969 bits per heavy atom. The quantitative estimate of drug-likeness (QED) is 0.362. The maximum Gasteiger partial charge on any atom is 0.273 e. The van der Waals surface area contributed by atoms with Gasteiger partial charge in [0.15, 0.2) is 11.5 Å². The van der Waals surface area contributed by atoms with Gasteiger partial charge in [0.2, 0.25) is 5.75 Å². The van der Waals surface area contributed by atoms with Crippen molar-refractivity contribution >= 4 is 39.2 Å². The summed E-state index contributed by atoms with van der Waals surface area (Å²) in [5.41, 5.74) is 3.19. The standard InChI is InChI=1S/C21H21N3O6S2/c1-28-17-11-10-14(19(29-2)20(17)30-3)13-22-23-21(25)15-7-4-5-8-16(15)24-32(26,27)18-9-6-12-31-18/h4-13,24H,1-3H3,(H,23,25). The first-order valence-electron chi connectivity index (χ1n) is 9.19. The van der Waals surface area contributed by atoms with Gasteiger partial charge in [0.25, 0.3) is 15.9 Å². The first-order valence-corrected chi connectivity index (χ1v) is 11.5. The highest BCUT2D eigenvalue weighted by atomic mass is 32.2. The molecule has 3 rings (SSSR count). The SMILES string of the molecule is COc1ccc(C=NNC(=O)c2ccccc2NS(=O)(=O)c2cccs2)c(OC)c1OC. The van der Waals surface area contributed by atoms with Crippen LogP contribution in [-0.4, -0.2) is 41.9 Å². The normalized spacial score (nSPS) is 11.2. The monoisotopic (exact) mass is 475 g/mol. The Morgan fingerprint density at radius 3 is 2.38 bits per heavy atom. The van der Waals surface area contributed by atoms with E-state index in [4.69, 9.17) is 14.2 Å². The molecule has 32 heavy (non-hydrogen) atoms. The second-order valence-corrected chi connectivity index (χ2v) is 9.06. The number of amides is 1. The molecule has 2 N–H and O–H groups in total. The van der Waals surface area contributed by atoms with Crippen molar-refractivity contribution in [2.75, 3.05) is 26.1 Å². The molecule has 1 heterocycles. The zero-order chi connectivity index (χ0) is 23.1. The lowest BCUT2D eigenvalue weighted by molar-refractivity contribution is 0.0956. The van der Waals surface area contributed by atoms with Crippen molar-refractivity contribution in [2.45, 2.75) is 4.21 Å². The smallest absolute Gasteiger partial charge is 0.273 e. The van der Waals surface area contributed by atoms with Gasteiger partial charge in [-0.25, -0.2) is 13.8 Å². The van der Waals surface area contributed by atoms with E-state index in [0.717, 1.165) is 11.3 Å². The van der Waals surface area contributed by atoms with Gasteiger partial charge in [0, 0.05) is 5.56 Å². The van der Waals surface area contributed by atoms with Gasteiger partial charge in [-0.15, -0.1) is 11.3 Å². The van der Waals surface area contributed by atoms with E-state index >= 15 is 0 Å². The third-order valence-electron chi connectivity index (χ3n) is 4.28. The number of thiophene rings is 1. The number of hydrogen-bond donors (Lipinski definition) is 2. The zero-order valence-corrected chi connectivity index (χ0v) is 19.1. The van der Waals surface area contributed by atoms with Gasteiger partial charge in [-0.2, -0.15) is 5.10 Å². The number of carbonyl (C=O) groups is 1. The molecule has 3 aromatic rings. The molecule has 2 aromatic carbocycles. The van der Waals surface area contributed by atoms with Crippen LogP contribution >= 0.6 is 11.3 Å². The number of sulfonamides is 1. The summed E-state index contributed by atoms with van der Waals surface area (Å²) in [6.45, 7) is 0. The Bertz CT molecular complexity index is 1220. The second-order valence-electron chi connectivity index (χ2n) is 6.21. The summed E-state index contributed by atoms with van der Waals surface area (Å²) in [5.74, 6) is 0.662. The Hall–Kier alpha value is -3.57. The van der Waals surface area contributed by atoms with E-state index in [9.17, 15) is 13.2 Å². The van der Waals surface area contributed by atoms with E-state index in [1.165, 1.54) is 45.7 Å². The summed E-state index contributed by atoms with van der Waals surface area (Å²) < 4.78 is 43.6.